The molecule has 0 amide bonds. The number of benzene rings is 1. The second-order valence-electron chi connectivity index (χ2n) is 4.66. The summed E-state index contributed by atoms with van der Waals surface area (Å²) in [5.74, 6) is -0.900. The first-order valence-corrected chi connectivity index (χ1v) is 6.93. The predicted molar refractivity (Wildman–Crippen MR) is 85.8 cm³/mol. The van der Waals surface area contributed by atoms with Crippen LogP contribution in [0.5, 0.6) is 0 Å². The fourth-order valence-electron chi connectivity index (χ4n) is 1.83. The van der Waals surface area contributed by atoms with Crippen LogP contribution in [0.4, 0.5) is 0 Å². The van der Waals surface area contributed by atoms with Crippen molar-refractivity contribution in [2.45, 2.75) is 38.2 Å². The Morgan fingerprint density at radius 3 is 2.38 bits per heavy atom. The molecule has 0 heterocycles. The number of carbonyl (C=O) groups is 1. The number of carboxylic acids is 1. The lowest BCUT2D eigenvalue weighted by atomic mass is 9.83. The van der Waals surface area contributed by atoms with Crippen LogP contribution in [0.3, 0.4) is 0 Å². The Labute approximate surface area is 135 Å². The molecule has 0 fully saturated rings. The SMILES string of the molecule is Cl.O=C(O)C(CCCCB(O)O)NCc1ccc(Cl)cc1. The highest BCUT2D eigenvalue weighted by Crippen LogP contribution is 2.10. The normalized spacial score (nSPS) is 11.6. The van der Waals surface area contributed by atoms with Crippen molar-refractivity contribution in [1.29, 1.82) is 0 Å². The van der Waals surface area contributed by atoms with Crippen LogP contribution in [0.1, 0.15) is 24.8 Å². The van der Waals surface area contributed by atoms with Gasteiger partial charge in [0.25, 0.3) is 0 Å². The molecule has 118 valence electrons. The molecule has 1 rings (SSSR count). The molecule has 0 aromatic heterocycles. The molecule has 1 aromatic rings. The summed E-state index contributed by atoms with van der Waals surface area (Å²) in [5, 5.41) is 30.2. The van der Waals surface area contributed by atoms with E-state index < -0.39 is 19.1 Å². The van der Waals surface area contributed by atoms with Gasteiger partial charge < -0.3 is 20.5 Å². The summed E-state index contributed by atoms with van der Waals surface area (Å²) in [6.07, 6.45) is 1.94. The molecule has 0 saturated heterocycles. The smallest absolute Gasteiger partial charge is 0.451 e. The number of hydrogen-bond acceptors (Lipinski definition) is 4. The van der Waals surface area contributed by atoms with Crippen molar-refractivity contribution < 1.29 is 19.9 Å². The Morgan fingerprint density at radius 2 is 1.86 bits per heavy atom. The molecule has 1 unspecified atom stereocenters. The summed E-state index contributed by atoms with van der Waals surface area (Å²) in [4.78, 5) is 11.1. The van der Waals surface area contributed by atoms with E-state index in [0.29, 0.717) is 30.8 Å². The lowest BCUT2D eigenvalue weighted by Gasteiger charge is -2.14. The molecule has 1 atom stereocenters. The molecular weight excluding hydrogens is 316 g/mol. The summed E-state index contributed by atoms with van der Waals surface area (Å²) in [7, 11) is -1.32. The fourth-order valence-corrected chi connectivity index (χ4v) is 1.96. The third-order valence-electron chi connectivity index (χ3n) is 2.97. The number of unbranched alkanes of at least 4 members (excludes halogenated alkanes) is 1. The van der Waals surface area contributed by atoms with E-state index in [4.69, 9.17) is 26.8 Å². The number of halogens is 2. The van der Waals surface area contributed by atoms with Crippen molar-refractivity contribution in [3.8, 4) is 0 Å². The van der Waals surface area contributed by atoms with Crippen molar-refractivity contribution in [1.82, 2.24) is 5.32 Å². The van der Waals surface area contributed by atoms with Gasteiger partial charge in [-0.1, -0.05) is 36.6 Å². The Balaban J connectivity index is 0.00000400. The van der Waals surface area contributed by atoms with Gasteiger partial charge in [-0.05, 0) is 30.4 Å². The Morgan fingerprint density at radius 1 is 1.24 bits per heavy atom. The second kappa shape index (κ2) is 10.9. The van der Waals surface area contributed by atoms with Gasteiger partial charge in [0, 0.05) is 11.6 Å². The van der Waals surface area contributed by atoms with E-state index in [2.05, 4.69) is 5.32 Å². The van der Waals surface area contributed by atoms with E-state index in [9.17, 15) is 4.79 Å². The number of rotatable bonds is 9. The summed E-state index contributed by atoms with van der Waals surface area (Å²) >= 11 is 5.78. The van der Waals surface area contributed by atoms with Gasteiger partial charge in [0.05, 0.1) is 0 Å². The minimum Gasteiger partial charge on any atom is -0.480 e. The molecule has 0 aliphatic carbocycles. The minimum absolute atomic E-state index is 0. The maximum atomic E-state index is 11.1. The van der Waals surface area contributed by atoms with Gasteiger partial charge in [0.1, 0.15) is 6.04 Å². The maximum Gasteiger partial charge on any atom is 0.451 e. The zero-order valence-corrected chi connectivity index (χ0v) is 13.1. The van der Waals surface area contributed by atoms with Crippen LogP contribution in [-0.2, 0) is 11.3 Å². The zero-order valence-electron chi connectivity index (χ0n) is 11.5. The van der Waals surface area contributed by atoms with E-state index in [1.54, 1.807) is 12.1 Å². The maximum absolute atomic E-state index is 11.1. The highest BCUT2D eigenvalue weighted by Gasteiger charge is 2.16. The van der Waals surface area contributed by atoms with E-state index >= 15 is 0 Å². The van der Waals surface area contributed by atoms with Crippen LogP contribution in [-0.4, -0.2) is 34.3 Å². The Bertz CT molecular complexity index is 417. The van der Waals surface area contributed by atoms with Crippen molar-refractivity contribution in [3.05, 3.63) is 34.9 Å². The first-order chi connectivity index (χ1) is 9.49. The molecule has 0 bridgehead atoms. The van der Waals surface area contributed by atoms with E-state index in [-0.39, 0.29) is 18.7 Å². The van der Waals surface area contributed by atoms with E-state index in [1.165, 1.54) is 0 Å². The lowest BCUT2D eigenvalue weighted by molar-refractivity contribution is -0.139. The second-order valence-corrected chi connectivity index (χ2v) is 5.10. The lowest BCUT2D eigenvalue weighted by Crippen LogP contribution is -2.36. The van der Waals surface area contributed by atoms with E-state index in [1.807, 2.05) is 12.1 Å². The van der Waals surface area contributed by atoms with Gasteiger partial charge in [-0.3, -0.25) is 4.79 Å². The molecule has 0 spiro atoms. The molecule has 21 heavy (non-hydrogen) atoms. The first kappa shape index (κ1) is 20.2. The van der Waals surface area contributed by atoms with E-state index in [0.717, 1.165) is 5.56 Å². The average Bonchev–Trinajstić information content (AvgIpc) is 2.39. The van der Waals surface area contributed by atoms with Gasteiger partial charge in [-0.25, -0.2) is 0 Å². The molecule has 1 aromatic carbocycles. The third-order valence-corrected chi connectivity index (χ3v) is 3.22. The molecule has 4 N–H and O–H groups in total. The van der Waals surface area contributed by atoms with Crippen LogP contribution >= 0.6 is 24.0 Å². The fraction of sp³-hybridized carbons (Fsp3) is 0.462. The zero-order chi connectivity index (χ0) is 15.0. The summed E-state index contributed by atoms with van der Waals surface area (Å²) in [6.45, 7) is 0.455. The summed E-state index contributed by atoms with van der Waals surface area (Å²) in [5.41, 5.74) is 0.964. The highest BCUT2D eigenvalue weighted by atomic mass is 35.5. The van der Waals surface area contributed by atoms with Crippen molar-refractivity contribution in [2.24, 2.45) is 0 Å². The van der Waals surface area contributed by atoms with Gasteiger partial charge in [0.15, 0.2) is 0 Å². The topological polar surface area (TPSA) is 89.8 Å². The first-order valence-electron chi connectivity index (χ1n) is 6.56. The Hall–Kier alpha value is -0.785. The number of nitrogens with one attached hydrogen (secondary N) is 1. The molecule has 5 nitrogen and oxygen atoms in total. The highest BCUT2D eigenvalue weighted by molar-refractivity contribution is 6.40. The van der Waals surface area contributed by atoms with Gasteiger partial charge >= 0.3 is 13.1 Å². The molecule has 0 aliphatic rings. The standard InChI is InChI=1S/C13H19BClNO4.ClH/c15-11-6-4-10(5-7-11)9-16-12(13(17)18)3-1-2-8-14(19)20;/h4-7,12,16,19-20H,1-3,8-9H2,(H,17,18);1H. The van der Waals surface area contributed by atoms with Crippen molar-refractivity contribution >= 4 is 37.1 Å². The minimum atomic E-state index is -1.32. The van der Waals surface area contributed by atoms with Crippen LogP contribution in [0.15, 0.2) is 24.3 Å². The van der Waals surface area contributed by atoms with Gasteiger partial charge in [0.2, 0.25) is 0 Å². The van der Waals surface area contributed by atoms with Gasteiger partial charge in [-0.2, -0.15) is 0 Å². The van der Waals surface area contributed by atoms with Crippen LogP contribution < -0.4 is 5.32 Å². The number of aliphatic carboxylic acids is 1. The summed E-state index contributed by atoms with van der Waals surface area (Å²) < 4.78 is 0. The Kier molecular flexibility index (Phi) is 10.5. The third kappa shape index (κ3) is 8.96. The van der Waals surface area contributed by atoms with Crippen LogP contribution in [0.2, 0.25) is 11.3 Å². The predicted octanol–water partition coefficient (Wildman–Crippen LogP) is 1.95. The van der Waals surface area contributed by atoms with Crippen molar-refractivity contribution in [2.75, 3.05) is 0 Å². The largest absolute Gasteiger partial charge is 0.480 e. The number of hydrogen-bond donors (Lipinski definition) is 4. The quantitative estimate of drug-likeness (QED) is 0.409. The molecular formula is C13H20BCl2NO4. The van der Waals surface area contributed by atoms with Crippen molar-refractivity contribution in [3.63, 3.8) is 0 Å². The van der Waals surface area contributed by atoms with Gasteiger partial charge in [-0.15, -0.1) is 12.4 Å². The van der Waals surface area contributed by atoms with Crippen LogP contribution in [0.25, 0.3) is 0 Å². The molecule has 8 heteroatoms. The molecule has 0 saturated carbocycles. The number of carboxylic acid groups (broad SMARTS) is 1. The summed E-state index contributed by atoms with van der Waals surface area (Å²) in [6, 6.07) is 6.57. The molecule has 0 radical (unpaired) electrons. The average molecular weight is 336 g/mol. The molecule has 0 aliphatic heterocycles. The monoisotopic (exact) mass is 335 g/mol. The van der Waals surface area contributed by atoms with Crippen LogP contribution in [0, 0.1) is 0 Å².